The molecule has 1 aliphatic heterocycles. The number of carbonyl (C=O) groups excluding carboxylic acids is 1. The van der Waals surface area contributed by atoms with Crippen molar-refractivity contribution in [2.45, 2.75) is 32.1 Å². The molecule has 0 spiro atoms. The zero-order valence-electron chi connectivity index (χ0n) is 11.1. The standard InChI is InChI=1S/C13H16F2N2O3/c1-2-20-13(18)9-7-16-12(17-10(9)11(14)15)8-3-5-19-6-4-8/h7-8,11H,2-6H2,1H3. The first kappa shape index (κ1) is 14.8. The Morgan fingerprint density at radius 2 is 2.20 bits per heavy atom. The molecule has 1 aliphatic rings. The van der Waals surface area contributed by atoms with Gasteiger partial charge in [0.1, 0.15) is 17.1 Å². The third kappa shape index (κ3) is 3.27. The van der Waals surface area contributed by atoms with Crippen LogP contribution in [0.25, 0.3) is 0 Å². The first-order valence-electron chi connectivity index (χ1n) is 6.53. The molecule has 0 unspecified atom stereocenters. The molecular weight excluding hydrogens is 270 g/mol. The van der Waals surface area contributed by atoms with Gasteiger partial charge >= 0.3 is 5.97 Å². The van der Waals surface area contributed by atoms with Gasteiger partial charge in [-0.05, 0) is 19.8 Å². The van der Waals surface area contributed by atoms with Crippen LogP contribution >= 0.6 is 0 Å². The van der Waals surface area contributed by atoms with Gasteiger partial charge < -0.3 is 9.47 Å². The summed E-state index contributed by atoms with van der Waals surface area (Å²) in [6, 6.07) is 0. The fraction of sp³-hybridized carbons (Fsp3) is 0.615. The van der Waals surface area contributed by atoms with Crippen LogP contribution in [-0.4, -0.2) is 35.8 Å². The van der Waals surface area contributed by atoms with Crippen molar-refractivity contribution in [3.8, 4) is 0 Å². The number of nitrogens with zero attached hydrogens (tertiary/aromatic N) is 2. The number of alkyl halides is 2. The fourth-order valence-corrected chi connectivity index (χ4v) is 2.09. The van der Waals surface area contributed by atoms with Crippen LogP contribution in [-0.2, 0) is 9.47 Å². The Balaban J connectivity index is 2.29. The lowest BCUT2D eigenvalue weighted by Gasteiger charge is -2.21. The first-order chi connectivity index (χ1) is 9.63. The number of ether oxygens (including phenoxy) is 2. The van der Waals surface area contributed by atoms with Crippen molar-refractivity contribution in [3.63, 3.8) is 0 Å². The van der Waals surface area contributed by atoms with Crippen molar-refractivity contribution in [1.82, 2.24) is 9.97 Å². The minimum atomic E-state index is -2.84. The highest BCUT2D eigenvalue weighted by molar-refractivity contribution is 5.90. The zero-order valence-corrected chi connectivity index (χ0v) is 11.1. The van der Waals surface area contributed by atoms with Crippen LogP contribution in [0, 0.1) is 0 Å². The molecule has 0 bridgehead atoms. The number of halogens is 2. The summed E-state index contributed by atoms with van der Waals surface area (Å²) in [7, 11) is 0. The van der Waals surface area contributed by atoms with Gasteiger partial charge in [0.05, 0.1) is 6.61 Å². The molecule has 1 fully saturated rings. The highest BCUT2D eigenvalue weighted by Gasteiger charge is 2.25. The Kier molecular flexibility index (Phi) is 4.94. The van der Waals surface area contributed by atoms with Crippen molar-refractivity contribution >= 4 is 5.97 Å². The van der Waals surface area contributed by atoms with Crippen LogP contribution in [0.15, 0.2) is 6.20 Å². The van der Waals surface area contributed by atoms with Gasteiger partial charge in [-0.3, -0.25) is 0 Å². The smallest absolute Gasteiger partial charge is 0.341 e. The molecule has 0 saturated carbocycles. The number of aromatic nitrogens is 2. The highest BCUT2D eigenvalue weighted by Crippen LogP contribution is 2.27. The summed E-state index contributed by atoms with van der Waals surface area (Å²) in [4.78, 5) is 19.5. The summed E-state index contributed by atoms with van der Waals surface area (Å²) in [5, 5.41) is 0. The predicted octanol–water partition coefficient (Wildman–Crippen LogP) is 2.48. The van der Waals surface area contributed by atoms with Gasteiger partial charge in [0.25, 0.3) is 6.43 Å². The van der Waals surface area contributed by atoms with Crippen LogP contribution in [0.2, 0.25) is 0 Å². The van der Waals surface area contributed by atoms with E-state index < -0.39 is 18.1 Å². The summed E-state index contributed by atoms with van der Waals surface area (Å²) < 4.78 is 36.1. The second-order valence-corrected chi connectivity index (χ2v) is 4.43. The Hall–Kier alpha value is -1.63. The molecule has 0 aromatic carbocycles. The van der Waals surface area contributed by atoms with Gasteiger partial charge in [-0.2, -0.15) is 0 Å². The molecule has 7 heteroatoms. The summed E-state index contributed by atoms with van der Waals surface area (Å²) in [6.45, 7) is 2.86. The maximum Gasteiger partial charge on any atom is 0.341 e. The second-order valence-electron chi connectivity index (χ2n) is 4.43. The monoisotopic (exact) mass is 286 g/mol. The van der Waals surface area contributed by atoms with Crippen molar-refractivity contribution < 1.29 is 23.0 Å². The number of hydrogen-bond acceptors (Lipinski definition) is 5. The molecule has 1 aromatic rings. The molecule has 0 aliphatic carbocycles. The van der Waals surface area contributed by atoms with Gasteiger partial charge in [-0.25, -0.2) is 23.5 Å². The van der Waals surface area contributed by atoms with Crippen LogP contribution in [0.5, 0.6) is 0 Å². The van der Waals surface area contributed by atoms with E-state index in [1.54, 1.807) is 6.92 Å². The van der Waals surface area contributed by atoms with Crippen molar-refractivity contribution in [2.75, 3.05) is 19.8 Å². The van der Waals surface area contributed by atoms with Crippen molar-refractivity contribution in [2.24, 2.45) is 0 Å². The minimum absolute atomic E-state index is 0.00232. The SMILES string of the molecule is CCOC(=O)c1cnc(C2CCOCC2)nc1C(F)F. The first-order valence-corrected chi connectivity index (χ1v) is 6.53. The molecule has 1 saturated heterocycles. The van der Waals surface area contributed by atoms with E-state index in [2.05, 4.69) is 9.97 Å². The van der Waals surface area contributed by atoms with Crippen molar-refractivity contribution in [3.05, 3.63) is 23.3 Å². The maximum atomic E-state index is 13.1. The summed E-state index contributed by atoms with van der Waals surface area (Å²) in [5.74, 6) is -0.476. The Morgan fingerprint density at radius 3 is 2.80 bits per heavy atom. The lowest BCUT2D eigenvalue weighted by atomic mass is 9.99. The van der Waals surface area contributed by atoms with Gasteiger partial charge in [0, 0.05) is 25.3 Å². The lowest BCUT2D eigenvalue weighted by molar-refractivity contribution is 0.0511. The van der Waals surface area contributed by atoms with Crippen molar-refractivity contribution in [1.29, 1.82) is 0 Å². The van der Waals surface area contributed by atoms with Gasteiger partial charge in [-0.15, -0.1) is 0 Å². The Labute approximate surface area is 115 Å². The average Bonchev–Trinajstić information content (AvgIpc) is 2.47. The summed E-state index contributed by atoms with van der Waals surface area (Å²) >= 11 is 0. The maximum absolute atomic E-state index is 13.1. The number of hydrogen-bond donors (Lipinski definition) is 0. The van der Waals surface area contributed by atoms with Gasteiger partial charge in [0.2, 0.25) is 0 Å². The van der Waals surface area contributed by atoms with E-state index in [4.69, 9.17) is 9.47 Å². The molecule has 0 amide bonds. The van der Waals surface area contributed by atoms with Gasteiger partial charge in [-0.1, -0.05) is 0 Å². The Bertz CT molecular complexity index is 477. The van der Waals surface area contributed by atoms with E-state index in [-0.39, 0.29) is 18.1 Å². The Morgan fingerprint density at radius 1 is 1.50 bits per heavy atom. The highest BCUT2D eigenvalue weighted by atomic mass is 19.3. The minimum Gasteiger partial charge on any atom is -0.462 e. The molecule has 1 aromatic heterocycles. The molecular formula is C13H16F2N2O3. The molecule has 0 radical (unpaired) electrons. The van der Waals surface area contributed by atoms with E-state index >= 15 is 0 Å². The zero-order chi connectivity index (χ0) is 14.5. The number of rotatable bonds is 4. The van der Waals surface area contributed by atoms with E-state index in [0.717, 1.165) is 6.20 Å². The molecule has 20 heavy (non-hydrogen) atoms. The molecule has 0 N–H and O–H groups in total. The van der Waals surface area contributed by atoms with Crippen LogP contribution in [0.3, 0.4) is 0 Å². The fourth-order valence-electron chi connectivity index (χ4n) is 2.09. The second kappa shape index (κ2) is 6.69. The van der Waals surface area contributed by atoms with Crippen LogP contribution < -0.4 is 0 Å². The molecule has 110 valence electrons. The summed E-state index contributed by atoms with van der Waals surface area (Å²) in [6.07, 6.45) is -0.309. The lowest BCUT2D eigenvalue weighted by Crippen LogP contribution is -2.19. The van der Waals surface area contributed by atoms with Crippen LogP contribution in [0.1, 0.15) is 54.0 Å². The van der Waals surface area contributed by atoms with E-state index in [9.17, 15) is 13.6 Å². The third-order valence-corrected chi connectivity index (χ3v) is 3.13. The van der Waals surface area contributed by atoms with E-state index in [1.807, 2.05) is 0 Å². The van der Waals surface area contributed by atoms with Crippen LogP contribution in [0.4, 0.5) is 8.78 Å². The predicted molar refractivity (Wildman–Crippen MR) is 65.7 cm³/mol. The number of esters is 1. The third-order valence-electron chi connectivity index (χ3n) is 3.13. The largest absolute Gasteiger partial charge is 0.462 e. The molecule has 2 heterocycles. The van der Waals surface area contributed by atoms with E-state index in [1.165, 1.54) is 0 Å². The molecule has 2 rings (SSSR count). The quantitative estimate of drug-likeness (QED) is 0.796. The summed E-state index contributed by atoms with van der Waals surface area (Å²) in [5.41, 5.74) is -0.822. The molecule has 0 atom stereocenters. The van der Waals surface area contributed by atoms with Gasteiger partial charge in [0.15, 0.2) is 0 Å². The normalized spacial score (nSPS) is 16.4. The topological polar surface area (TPSA) is 61.3 Å². The van der Waals surface area contributed by atoms with E-state index in [0.29, 0.717) is 31.9 Å². The average molecular weight is 286 g/mol. The molecule has 5 nitrogen and oxygen atoms in total. The number of carbonyl (C=O) groups is 1.